The summed E-state index contributed by atoms with van der Waals surface area (Å²) >= 11 is 3.37. The summed E-state index contributed by atoms with van der Waals surface area (Å²) in [7, 11) is -2.49. The molecule has 3 aromatic rings. The van der Waals surface area contributed by atoms with Crippen molar-refractivity contribution in [3.05, 3.63) is 64.3 Å². The number of anilines is 1. The molecule has 1 amide bonds. The number of para-hydroxylation sites is 1. The van der Waals surface area contributed by atoms with E-state index in [4.69, 9.17) is 0 Å². The van der Waals surface area contributed by atoms with Gasteiger partial charge in [0.2, 0.25) is 15.9 Å². The molecule has 0 aliphatic carbocycles. The number of fused-ring (bicyclic) bond motifs is 1. The minimum Gasteiger partial charge on any atom is -0.325 e. The predicted molar refractivity (Wildman–Crippen MR) is 114 cm³/mol. The molecule has 0 bridgehead atoms. The lowest BCUT2D eigenvalue weighted by Gasteiger charge is -2.18. The first-order valence-corrected chi connectivity index (χ1v) is 10.8. The zero-order valence-corrected chi connectivity index (χ0v) is 18.1. The number of rotatable bonds is 5. The maximum absolute atomic E-state index is 13.0. The molecule has 0 fully saturated rings. The van der Waals surface area contributed by atoms with E-state index >= 15 is 0 Å². The minimum absolute atomic E-state index is 0.0834. The summed E-state index contributed by atoms with van der Waals surface area (Å²) in [5.74, 6) is -0.416. The molecule has 0 saturated carbocycles. The van der Waals surface area contributed by atoms with Crippen molar-refractivity contribution in [2.75, 3.05) is 18.9 Å². The number of benzene rings is 2. The van der Waals surface area contributed by atoms with Crippen molar-refractivity contribution >= 4 is 48.5 Å². The number of halogens is 1. The lowest BCUT2D eigenvalue weighted by molar-refractivity contribution is -0.116. The number of amides is 1. The number of aryl methyl sites for hydroxylation is 2. The van der Waals surface area contributed by atoms with Crippen LogP contribution < -0.4 is 5.32 Å². The van der Waals surface area contributed by atoms with Crippen LogP contribution >= 0.6 is 15.9 Å². The van der Waals surface area contributed by atoms with Crippen molar-refractivity contribution < 1.29 is 13.2 Å². The predicted octanol–water partition coefficient (Wildman–Crippen LogP) is 3.87. The van der Waals surface area contributed by atoms with Crippen LogP contribution in [0.25, 0.3) is 10.9 Å². The summed E-state index contributed by atoms with van der Waals surface area (Å²) in [4.78, 5) is 16.8. The quantitative estimate of drug-likeness (QED) is 0.625. The fourth-order valence-corrected chi connectivity index (χ4v) is 4.63. The van der Waals surface area contributed by atoms with Gasteiger partial charge in [-0.2, -0.15) is 4.31 Å². The SMILES string of the molecule is Cc1cnc2c(S(=O)(=O)N(C)CC(=O)Nc3ccc(Br)cc3C)cccc2c1. The van der Waals surface area contributed by atoms with E-state index in [0.717, 1.165) is 25.3 Å². The summed E-state index contributed by atoms with van der Waals surface area (Å²) < 4.78 is 28.0. The summed E-state index contributed by atoms with van der Waals surface area (Å²) in [6.07, 6.45) is 1.63. The highest BCUT2D eigenvalue weighted by Crippen LogP contribution is 2.24. The number of nitrogens with one attached hydrogen (secondary N) is 1. The van der Waals surface area contributed by atoms with Gasteiger partial charge in [0.1, 0.15) is 4.90 Å². The molecule has 0 spiro atoms. The van der Waals surface area contributed by atoms with Crippen LogP contribution in [0.15, 0.2) is 58.0 Å². The van der Waals surface area contributed by atoms with Crippen molar-refractivity contribution in [1.82, 2.24) is 9.29 Å². The molecule has 28 heavy (non-hydrogen) atoms. The fourth-order valence-electron chi connectivity index (χ4n) is 2.86. The molecule has 0 aliphatic rings. The average Bonchev–Trinajstić information content (AvgIpc) is 2.63. The van der Waals surface area contributed by atoms with Crippen LogP contribution in [0.2, 0.25) is 0 Å². The molecule has 0 atom stereocenters. The largest absolute Gasteiger partial charge is 0.325 e. The Labute approximate surface area is 172 Å². The van der Waals surface area contributed by atoms with Crippen LogP contribution in [0.3, 0.4) is 0 Å². The van der Waals surface area contributed by atoms with E-state index in [-0.39, 0.29) is 11.4 Å². The first-order valence-electron chi connectivity index (χ1n) is 8.56. The highest BCUT2D eigenvalue weighted by molar-refractivity contribution is 9.10. The summed E-state index contributed by atoms with van der Waals surface area (Å²) in [5, 5.41) is 3.50. The smallest absolute Gasteiger partial charge is 0.245 e. The molecule has 0 aliphatic heterocycles. The van der Waals surface area contributed by atoms with Crippen LogP contribution in [0.1, 0.15) is 11.1 Å². The lowest BCUT2D eigenvalue weighted by atomic mass is 10.2. The topological polar surface area (TPSA) is 79.4 Å². The van der Waals surface area contributed by atoms with Crippen molar-refractivity contribution in [1.29, 1.82) is 0 Å². The van der Waals surface area contributed by atoms with Gasteiger partial charge in [0.25, 0.3) is 0 Å². The number of carbonyl (C=O) groups excluding carboxylic acids is 1. The minimum atomic E-state index is -3.88. The Morgan fingerprint density at radius 2 is 1.93 bits per heavy atom. The number of sulfonamides is 1. The average molecular weight is 462 g/mol. The third-order valence-electron chi connectivity index (χ3n) is 4.33. The van der Waals surface area contributed by atoms with E-state index in [2.05, 4.69) is 26.2 Å². The molecule has 146 valence electrons. The Balaban J connectivity index is 1.83. The van der Waals surface area contributed by atoms with Crippen LogP contribution in [-0.4, -0.2) is 37.2 Å². The summed E-state index contributed by atoms with van der Waals surface area (Å²) in [6.45, 7) is 3.46. The molecule has 0 unspecified atom stereocenters. The summed E-state index contributed by atoms with van der Waals surface area (Å²) in [6, 6.07) is 12.3. The molecule has 3 rings (SSSR count). The van der Waals surface area contributed by atoms with Crippen molar-refractivity contribution in [2.45, 2.75) is 18.7 Å². The number of hydrogen-bond donors (Lipinski definition) is 1. The fraction of sp³-hybridized carbons (Fsp3) is 0.200. The van der Waals surface area contributed by atoms with E-state index in [1.807, 2.05) is 38.1 Å². The van der Waals surface area contributed by atoms with Crippen LogP contribution in [0, 0.1) is 13.8 Å². The summed E-state index contributed by atoms with van der Waals surface area (Å²) in [5.41, 5.74) is 2.85. The maximum atomic E-state index is 13.0. The molecule has 2 aromatic carbocycles. The second kappa shape index (κ2) is 7.98. The number of pyridine rings is 1. The lowest BCUT2D eigenvalue weighted by Crippen LogP contribution is -2.35. The molecule has 1 aromatic heterocycles. The normalized spacial score (nSPS) is 11.8. The molecule has 0 saturated heterocycles. The van der Waals surface area contributed by atoms with Crippen molar-refractivity contribution in [2.24, 2.45) is 0 Å². The Morgan fingerprint density at radius 3 is 2.64 bits per heavy atom. The van der Waals surface area contributed by atoms with Gasteiger partial charge in [-0.25, -0.2) is 8.42 Å². The molecule has 1 heterocycles. The Bertz CT molecular complexity index is 1160. The molecular weight excluding hydrogens is 442 g/mol. The van der Waals surface area contributed by atoms with Crippen LogP contribution in [0.4, 0.5) is 5.69 Å². The second-order valence-corrected chi connectivity index (χ2v) is 9.54. The number of nitrogens with zero attached hydrogens (tertiary/aromatic N) is 2. The second-order valence-electron chi connectivity index (χ2n) is 6.61. The first-order chi connectivity index (χ1) is 13.2. The van der Waals surface area contributed by atoms with Crippen molar-refractivity contribution in [3.8, 4) is 0 Å². The van der Waals surface area contributed by atoms with Gasteiger partial charge < -0.3 is 5.32 Å². The number of hydrogen-bond acceptors (Lipinski definition) is 4. The molecule has 1 N–H and O–H groups in total. The highest BCUT2D eigenvalue weighted by Gasteiger charge is 2.25. The molecule has 6 nitrogen and oxygen atoms in total. The maximum Gasteiger partial charge on any atom is 0.245 e. The number of carbonyl (C=O) groups is 1. The molecular formula is C20H20BrN3O3S. The van der Waals surface area contributed by atoms with Crippen molar-refractivity contribution in [3.63, 3.8) is 0 Å². The van der Waals surface area contributed by atoms with Crippen LogP contribution in [0.5, 0.6) is 0 Å². The van der Waals surface area contributed by atoms with Gasteiger partial charge in [-0.05, 0) is 55.3 Å². The zero-order chi connectivity index (χ0) is 20.5. The third kappa shape index (κ3) is 4.24. The monoisotopic (exact) mass is 461 g/mol. The first kappa shape index (κ1) is 20.4. The Hall–Kier alpha value is -2.29. The van der Waals surface area contributed by atoms with E-state index in [0.29, 0.717) is 11.2 Å². The Morgan fingerprint density at radius 1 is 1.18 bits per heavy atom. The Kier molecular flexibility index (Phi) is 5.83. The van der Waals surface area contributed by atoms with Gasteiger partial charge in [-0.1, -0.05) is 28.1 Å². The van der Waals surface area contributed by atoms with Crippen LogP contribution in [-0.2, 0) is 14.8 Å². The third-order valence-corrected chi connectivity index (χ3v) is 6.66. The van der Waals surface area contributed by atoms with Gasteiger partial charge in [0, 0.05) is 28.8 Å². The van der Waals surface area contributed by atoms with E-state index in [9.17, 15) is 13.2 Å². The molecule has 8 heteroatoms. The van der Waals surface area contributed by atoms with Gasteiger partial charge in [-0.3, -0.25) is 9.78 Å². The highest BCUT2D eigenvalue weighted by atomic mass is 79.9. The van der Waals surface area contributed by atoms with Gasteiger partial charge in [0.05, 0.1) is 12.1 Å². The number of likely N-dealkylation sites (N-methyl/N-ethyl adjacent to an activating group) is 1. The standard InChI is InChI=1S/C20H20BrN3O3S/c1-13-9-15-5-4-6-18(20(15)22-11-13)28(26,27)24(3)12-19(25)23-17-8-7-16(21)10-14(17)2/h4-11H,12H2,1-3H3,(H,23,25). The van der Waals surface area contributed by atoms with E-state index < -0.39 is 15.9 Å². The van der Waals surface area contributed by atoms with E-state index in [1.54, 1.807) is 18.3 Å². The van der Waals surface area contributed by atoms with Gasteiger partial charge in [-0.15, -0.1) is 0 Å². The van der Waals surface area contributed by atoms with E-state index in [1.165, 1.54) is 13.1 Å². The van der Waals surface area contributed by atoms with Gasteiger partial charge >= 0.3 is 0 Å². The number of aromatic nitrogens is 1. The van der Waals surface area contributed by atoms with Gasteiger partial charge in [0.15, 0.2) is 0 Å². The molecule has 0 radical (unpaired) electrons. The zero-order valence-electron chi connectivity index (χ0n) is 15.7.